The lowest BCUT2D eigenvalue weighted by Crippen LogP contribution is -2.39. The van der Waals surface area contributed by atoms with Crippen molar-refractivity contribution in [2.45, 2.75) is 18.9 Å². The number of fused-ring (bicyclic) bond motifs is 1. The molecule has 1 aromatic heterocycles. The zero-order chi connectivity index (χ0) is 21.9. The van der Waals surface area contributed by atoms with Crippen LogP contribution in [-0.2, 0) is 4.79 Å². The van der Waals surface area contributed by atoms with E-state index < -0.39 is 5.97 Å². The maximum absolute atomic E-state index is 11.5. The first-order valence-corrected chi connectivity index (χ1v) is 11.2. The van der Waals surface area contributed by atoms with Gasteiger partial charge in [-0.05, 0) is 60.3 Å². The van der Waals surface area contributed by atoms with Crippen molar-refractivity contribution in [3.63, 3.8) is 0 Å². The SMILES string of the molecule is O=C(O)C1CCN(C(c2ccc(-c3ccccc3)cc2)c2cnc3ccccc3c2)CC1. The van der Waals surface area contributed by atoms with Gasteiger partial charge in [-0.1, -0.05) is 72.8 Å². The number of carboxylic acids is 1. The van der Waals surface area contributed by atoms with Crippen molar-refractivity contribution >= 4 is 16.9 Å². The number of nitrogens with zero attached hydrogens (tertiary/aromatic N) is 2. The Hall–Kier alpha value is -3.50. The molecule has 4 heteroatoms. The highest BCUT2D eigenvalue weighted by Crippen LogP contribution is 2.34. The van der Waals surface area contributed by atoms with Crippen LogP contribution in [0, 0.1) is 5.92 Å². The molecule has 0 amide bonds. The Morgan fingerprint density at radius 2 is 1.50 bits per heavy atom. The molecule has 5 rings (SSSR count). The second-order valence-corrected chi connectivity index (χ2v) is 8.50. The summed E-state index contributed by atoms with van der Waals surface area (Å²) in [4.78, 5) is 18.6. The molecule has 1 saturated heterocycles. The number of pyridine rings is 1. The summed E-state index contributed by atoms with van der Waals surface area (Å²) < 4.78 is 0. The molecule has 4 nitrogen and oxygen atoms in total. The fourth-order valence-electron chi connectivity index (χ4n) is 4.74. The van der Waals surface area contributed by atoms with Gasteiger partial charge in [0.1, 0.15) is 0 Å². The van der Waals surface area contributed by atoms with Crippen LogP contribution >= 0.6 is 0 Å². The summed E-state index contributed by atoms with van der Waals surface area (Å²) in [5.74, 6) is -0.928. The number of aromatic nitrogens is 1. The third-order valence-corrected chi connectivity index (χ3v) is 6.50. The van der Waals surface area contributed by atoms with Crippen LogP contribution in [0.4, 0.5) is 0 Å². The molecule has 32 heavy (non-hydrogen) atoms. The quantitative estimate of drug-likeness (QED) is 0.442. The van der Waals surface area contributed by atoms with Crippen LogP contribution < -0.4 is 0 Å². The zero-order valence-corrected chi connectivity index (χ0v) is 17.9. The number of rotatable bonds is 5. The van der Waals surface area contributed by atoms with Crippen molar-refractivity contribution in [2.24, 2.45) is 5.92 Å². The van der Waals surface area contributed by atoms with Crippen LogP contribution in [0.1, 0.15) is 30.0 Å². The Morgan fingerprint density at radius 1 is 0.844 bits per heavy atom. The van der Waals surface area contributed by atoms with Crippen LogP contribution in [0.3, 0.4) is 0 Å². The van der Waals surface area contributed by atoms with Gasteiger partial charge in [0.25, 0.3) is 0 Å². The fourth-order valence-corrected chi connectivity index (χ4v) is 4.74. The minimum Gasteiger partial charge on any atom is -0.481 e. The van der Waals surface area contributed by atoms with Crippen molar-refractivity contribution in [1.82, 2.24) is 9.88 Å². The fraction of sp³-hybridized carbons (Fsp3) is 0.214. The van der Waals surface area contributed by atoms with E-state index in [1.807, 2.05) is 30.5 Å². The third-order valence-electron chi connectivity index (χ3n) is 6.50. The van der Waals surface area contributed by atoms with E-state index in [1.165, 1.54) is 16.7 Å². The van der Waals surface area contributed by atoms with Gasteiger partial charge in [0.2, 0.25) is 0 Å². The molecule has 1 fully saturated rings. The van der Waals surface area contributed by atoms with Crippen molar-refractivity contribution in [3.8, 4) is 11.1 Å². The molecule has 1 aliphatic heterocycles. The second kappa shape index (κ2) is 8.93. The molecule has 1 atom stereocenters. The molecule has 160 valence electrons. The highest BCUT2D eigenvalue weighted by Gasteiger charge is 2.30. The molecule has 3 aromatic carbocycles. The number of benzene rings is 3. The summed E-state index contributed by atoms with van der Waals surface area (Å²) >= 11 is 0. The van der Waals surface area contributed by atoms with Gasteiger partial charge < -0.3 is 5.11 Å². The van der Waals surface area contributed by atoms with Crippen LogP contribution in [0.5, 0.6) is 0 Å². The van der Waals surface area contributed by atoms with Gasteiger partial charge in [0.05, 0.1) is 17.5 Å². The van der Waals surface area contributed by atoms with E-state index in [2.05, 4.69) is 65.6 Å². The van der Waals surface area contributed by atoms with E-state index in [0.29, 0.717) is 12.8 Å². The van der Waals surface area contributed by atoms with E-state index in [0.717, 1.165) is 29.6 Å². The van der Waals surface area contributed by atoms with E-state index in [4.69, 9.17) is 4.98 Å². The molecule has 0 radical (unpaired) electrons. The van der Waals surface area contributed by atoms with Gasteiger partial charge in [-0.2, -0.15) is 0 Å². The standard InChI is InChI=1S/C28H26N2O2/c31-28(32)23-14-16-30(17-15-23)27(25-18-24-8-4-5-9-26(24)29-19-25)22-12-10-21(11-13-22)20-6-2-1-3-7-20/h1-13,18-19,23,27H,14-17H2,(H,31,32). The lowest BCUT2D eigenvalue weighted by atomic mass is 9.91. The number of likely N-dealkylation sites (tertiary alicyclic amines) is 1. The average Bonchev–Trinajstić information content (AvgIpc) is 2.85. The second-order valence-electron chi connectivity index (χ2n) is 8.50. The van der Waals surface area contributed by atoms with Gasteiger partial charge in [-0.15, -0.1) is 0 Å². The Labute approximate surface area is 188 Å². The van der Waals surface area contributed by atoms with Crippen LogP contribution in [0.25, 0.3) is 22.0 Å². The van der Waals surface area contributed by atoms with E-state index >= 15 is 0 Å². The minimum atomic E-state index is -0.680. The summed E-state index contributed by atoms with van der Waals surface area (Å²) in [7, 11) is 0. The average molecular weight is 423 g/mol. The Kier molecular flexibility index (Phi) is 5.70. The smallest absolute Gasteiger partial charge is 0.306 e. The summed E-state index contributed by atoms with van der Waals surface area (Å²) in [5, 5.41) is 10.5. The van der Waals surface area contributed by atoms with Crippen LogP contribution in [0.15, 0.2) is 91.1 Å². The monoisotopic (exact) mass is 422 g/mol. The van der Waals surface area contributed by atoms with Crippen molar-refractivity contribution in [2.75, 3.05) is 13.1 Å². The lowest BCUT2D eigenvalue weighted by Gasteiger charge is -2.37. The lowest BCUT2D eigenvalue weighted by molar-refractivity contribution is -0.143. The van der Waals surface area contributed by atoms with Gasteiger partial charge in [0.15, 0.2) is 0 Å². The Bertz CT molecular complexity index is 1210. The first-order valence-electron chi connectivity index (χ1n) is 11.2. The molecule has 2 heterocycles. The number of carboxylic acid groups (broad SMARTS) is 1. The Balaban J connectivity index is 1.51. The largest absolute Gasteiger partial charge is 0.481 e. The molecular weight excluding hydrogens is 396 g/mol. The number of hydrogen-bond donors (Lipinski definition) is 1. The third kappa shape index (κ3) is 4.14. The van der Waals surface area contributed by atoms with Crippen molar-refractivity contribution in [3.05, 3.63) is 102 Å². The minimum absolute atomic E-state index is 0.0478. The van der Waals surface area contributed by atoms with Gasteiger partial charge >= 0.3 is 5.97 Å². The summed E-state index contributed by atoms with van der Waals surface area (Å²) in [6.07, 6.45) is 3.32. The molecule has 1 aliphatic rings. The van der Waals surface area contributed by atoms with Gasteiger partial charge in [-0.3, -0.25) is 14.7 Å². The summed E-state index contributed by atoms with van der Waals surface area (Å²) in [6.45, 7) is 1.52. The molecule has 1 N–H and O–H groups in total. The predicted octanol–water partition coefficient (Wildman–Crippen LogP) is 5.79. The maximum Gasteiger partial charge on any atom is 0.306 e. The van der Waals surface area contributed by atoms with Crippen LogP contribution in [0.2, 0.25) is 0 Å². The number of para-hydroxylation sites is 1. The predicted molar refractivity (Wildman–Crippen MR) is 127 cm³/mol. The molecule has 0 bridgehead atoms. The maximum atomic E-state index is 11.5. The normalized spacial score (nSPS) is 16.1. The van der Waals surface area contributed by atoms with E-state index in [1.54, 1.807) is 0 Å². The topological polar surface area (TPSA) is 53.4 Å². The zero-order valence-electron chi connectivity index (χ0n) is 17.9. The Morgan fingerprint density at radius 3 is 2.22 bits per heavy atom. The molecule has 4 aromatic rings. The van der Waals surface area contributed by atoms with E-state index in [9.17, 15) is 9.90 Å². The molecule has 0 spiro atoms. The first-order chi connectivity index (χ1) is 15.7. The van der Waals surface area contributed by atoms with Gasteiger partial charge in [0, 0.05) is 11.6 Å². The molecule has 0 saturated carbocycles. The number of piperidine rings is 1. The molecular formula is C28H26N2O2. The summed E-state index contributed by atoms with van der Waals surface area (Å²) in [5.41, 5.74) is 5.72. The number of aliphatic carboxylic acids is 1. The first kappa shape index (κ1) is 20.4. The highest BCUT2D eigenvalue weighted by molar-refractivity contribution is 5.79. The van der Waals surface area contributed by atoms with E-state index in [-0.39, 0.29) is 12.0 Å². The number of hydrogen-bond acceptors (Lipinski definition) is 3. The molecule has 0 aliphatic carbocycles. The molecule has 1 unspecified atom stereocenters. The van der Waals surface area contributed by atoms with Crippen molar-refractivity contribution < 1.29 is 9.90 Å². The van der Waals surface area contributed by atoms with Crippen molar-refractivity contribution in [1.29, 1.82) is 0 Å². The van der Waals surface area contributed by atoms with Crippen LogP contribution in [-0.4, -0.2) is 34.0 Å². The summed E-state index contributed by atoms with van der Waals surface area (Å²) in [6, 6.07) is 29.6. The number of carbonyl (C=O) groups is 1. The highest BCUT2D eigenvalue weighted by atomic mass is 16.4. The van der Waals surface area contributed by atoms with Gasteiger partial charge in [-0.25, -0.2) is 0 Å².